The lowest BCUT2D eigenvalue weighted by molar-refractivity contribution is 0.323. The summed E-state index contributed by atoms with van der Waals surface area (Å²) in [6, 6.07) is 9.58. The number of hydrogen-bond donors (Lipinski definition) is 2. The Kier molecular flexibility index (Phi) is 10.9. The topological polar surface area (TPSA) is 82.6 Å². The summed E-state index contributed by atoms with van der Waals surface area (Å²) in [6.07, 6.45) is 0. The van der Waals surface area contributed by atoms with E-state index in [1.807, 2.05) is 30.3 Å². The van der Waals surface area contributed by atoms with Crippen molar-refractivity contribution in [1.29, 1.82) is 0 Å². The first-order valence-electron chi connectivity index (χ1n) is 9.04. The first-order valence-corrected chi connectivity index (χ1v) is 9.04. The number of methoxy groups -OCH3 is 5. The second-order valence-corrected chi connectivity index (χ2v) is 6.00. The van der Waals surface area contributed by atoms with Crippen LogP contribution in [0.4, 0.5) is 0 Å². The van der Waals surface area contributed by atoms with Gasteiger partial charge in [0.25, 0.3) is 0 Å². The van der Waals surface area contributed by atoms with Crippen LogP contribution in [-0.4, -0.2) is 48.6 Å². The Morgan fingerprint density at radius 1 is 0.700 bits per heavy atom. The number of ether oxygens (including phenoxy) is 5. The van der Waals surface area contributed by atoms with E-state index in [-0.39, 0.29) is 24.0 Å². The van der Waals surface area contributed by atoms with Crippen LogP contribution >= 0.6 is 24.0 Å². The van der Waals surface area contributed by atoms with Crippen LogP contribution in [0.2, 0.25) is 0 Å². The first kappa shape index (κ1) is 25.5. The second kappa shape index (κ2) is 12.9. The molecule has 2 N–H and O–H groups in total. The summed E-state index contributed by atoms with van der Waals surface area (Å²) < 4.78 is 26.8. The minimum atomic E-state index is 0. The Morgan fingerprint density at radius 2 is 1.20 bits per heavy atom. The number of aliphatic imine (C=N–C) groups is 1. The van der Waals surface area contributed by atoms with Crippen molar-refractivity contribution in [2.45, 2.75) is 13.1 Å². The molecule has 0 bridgehead atoms. The van der Waals surface area contributed by atoms with E-state index < -0.39 is 0 Å². The fourth-order valence-electron chi connectivity index (χ4n) is 2.82. The Bertz CT molecular complexity index is 820. The van der Waals surface area contributed by atoms with Crippen LogP contribution in [0.25, 0.3) is 0 Å². The van der Waals surface area contributed by atoms with Crippen molar-refractivity contribution >= 4 is 29.9 Å². The van der Waals surface area contributed by atoms with Crippen molar-refractivity contribution in [2.75, 3.05) is 42.6 Å². The van der Waals surface area contributed by atoms with E-state index in [9.17, 15) is 0 Å². The van der Waals surface area contributed by atoms with E-state index in [4.69, 9.17) is 23.7 Å². The molecule has 2 aromatic carbocycles. The highest BCUT2D eigenvalue weighted by molar-refractivity contribution is 14.0. The predicted octanol–water partition coefficient (Wildman–Crippen LogP) is 3.21. The monoisotopic (exact) mass is 531 g/mol. The van der Waals surface area contributed by atoms with Gasteiger partial charge in [-0.3, -0.25) is 4.99 Å². The summed E-state index contributed by atoms with van der Waals surface area (Å²) in [5.41, 5.74) is 2.01. The molecule has 0 aliphatic rings. The van der Waals surface area contributed by atoms with Gasteiger partial charge < -0.3 is 34.3 Å². The molecule has 30 heavy (non-hydrogen) atoms. The fraction of sp³-hybridized carbons (Fsp3) is 0.381. The van der Waals surface area contributed by atoms with Crippen LogP contribution in [0, 0.1) is 0 Å². The van der Waals surface area contributed by atoms with E-state index in [1.165, 1.54) is 0 Å². The third-order valence-electron chi connectivity index (χ3n) is 4.32. The Balaban J connectivity index is 0.00000450. The van der Waals surface area contributed by atoms with Crippen LogP contribution in [0.5, 0.6) is 28.7 Å². The van der Waals surface area contributed by atoms with Crippen molar-refractivity contribution in [3.8, 4) is 28.7 Å². The molecule has 2 rings (SSSR count). The van der Waals surface area contributed by atoms with Gasteiger partial charge in [-0.2, -0.15) is 0 Å². The molecule has 0 atom stereocenters. The van der Waals surface area contributed by atoms with E-state index in [2.05, 4.69) is 15.6 Å². The van der Waals surface area contributed by atoms with Gasteiger partial charge in [0.1, 0.15) is 0 Å². The zero-order valence-corrected chi connectivity index (χ0v) is 20.5. The summed E-state index contributed by atoms with van der Waals surface area (Å²) in [5, 5.41) is 6.56. The predicted molar refractivity (Wildman–Crippen MR) is 128 cm³/mol. The number of hydrogen-bond acceptors (Lipinski definition) is 6. The average molecular weight is 531 g/mol. The zero-order valence-electron chi connectivity index (χ0n) is 18.2. The Hall–Kier alpha value is -2.56. The second-order valence-electron chi connectivity index (χ2n) is 6.00. The van der Waals surface area contributed by atoms with Gasteiger partial charge in [0, 0.05) is 20.1 Å². The molecule has 2 aromatic rings. The fourth-order valence-corrected chi connectivity index (χ4v) is 2.82. The van der Waals surface area contributed by atoms with E-state index >= 15 is 0 Å². The maximum atomic E-state index is 5.40. The van der Waals surface area contributed by atoms with Crippen molar-refractivity contribution < 1.29 is 23.7 Å². The lowest BCUT2D eigenvalue weighted by Gasteiger charge is -2.16. The van der Waals surface area contributed by atoms with Crippen LogP contribution in [0.1, 0.15) is 11.1 Å². The van der Waals surface area contributed by atoms with Crippen LogP contribution in [0.3, 0.4) is 0 Å². The molecule has 0 radical (unpaired) electrons. The average Bonchev–Trinajstić information content (AvgIpc) is 2.77. The van der Waals surface area contributed by atoms with Gasteiger partial charge in [-0.05, 0) is 35.4 Å². The molecule has 0 aliphatic carbocycles. The maximum absolute atomic E-state index is 5.40. The molecular weight excluding hydrogens is 501 g/mol. The third-order valence-corrected chi connectivity index (χ3v) is 4.32. The van der Waals surface area contributed by atoms with Gasteiger partial charge in [0.05, 0.1) is 35.5 Å². The molecule has 0 amide bonds. The highest BCUT2D eigenvalue weighted by Crippen LogP contribution is 2.38. The molecule has 0 aromatic heterocycles. The van der Waals surface area contributed by atoms with Crippen LogP contribution < -0.4 is 34.3 Å². The van der Waals surface area contributed by atoms with Crippen LogP contribution in [-0.2, 0) is 13.1 Å². The van der Waals surface area contributed by atoms with Gasteiger partial charge >= 0.3 is 0 Å². The molecule has 0 saturated heterocycles. The van der Waals surface area contributed by atoms with Crippen molar-refractivity contribution in [3.05, 3.63) is 41.5 Å². The summed E-state index contributed by atoms with van der Waals surface area (Å²) in [4.78, 5) is 4.26. The summed E-state index contributed by atoms with van der Waals surface area (Å²) >= 11 is 0. The molecule has 166 valence electrons. The Morgan fingerprint density at radius 3 is 1.67 bits per heavy atom. The van der Waals surface area contributed by atoms with Gasteiger partial charge in [0.15, 0.2) is 29.0 Å². The first-order chi connectivity index (χ1) is 14.1. The van der Waals surface area contributed by atoms with E-state index in [0.717, 1.165) is 11.1 Å². The summed E-state index contributed by atoms with van der Waals surface area (Å²) in [6.45, 7) is 1.11. The smallest absolute Gasteiger partial charge is 0.203 e. The normalized spacial score (nSPS) is 10.5. The molecule has 0 heterocycles. The number of nitrogens with zero attached hydrogens (tertiary/aromatic N) is 1. The summed E-state index contributed by atoms with van der Waals surface area (Å²) in [7, 11) is 9.73. The minimum Gasteiger partial charge on any atom is -0.493 e. The molecule has 8 nitrogen and oxygen atoms in total. The SMILES string of the molecule is CN=C(NCc1ccc(OC)c(OC)c1)NCc1cc(OC)c(OC)c(OC)c1.I. The number of guanidine groups is 1. The number of benzene rings is 2. The van der Waals surface area contributed by atoms with Crippen molar-refractivity contribution in [3.63, 3.8) is 0 Å². The number of rotatable bonds is 9. The van der Waals surface area contributed by atoms with E-state index in [1.54, 1.807) is 42.6 Å². The highest BCUT2D eigenvalue weighted by atomic mass is 127. The van der Waals surface area contributed by atoms with Crippen LogP contribution in [0.15, 0.2) is 35.3 Å². The van der Waals surface area contributed by atoms with Crippen molar-refractivity contribution in [2.24, 2.45) is 4.99 Å². The van der Waals surface area contributed by atoms with E-state index in [0.29, 0.717) is 47.8 Å². The number of nitrogens with one attached hydrogen (secondary N) is 2. The van der Waals surface area contributed by atoms with Gasteiger partial charge in [-0.25, -0.2) is 0 Å². The lowest BCUT2D eigenvalue weighted by atomic mass is 10.1. The quantitative estimate of drug-likeness (QED) is 0.292. The molecular formula is C21H30IN3O5. The molecule has 0 fully saturated rings. The third kappa shape index (κ3) is 6.48. The minimum absolute atomic E-state index is 0. The highest BCUT2D eigenvalue weighted by Gasteiger charge is 2.13. The van der Waals surface area contributed by atoms with Gasteiger partial charge in [-0.1, -0.05) is 6.07 Å². The molecule has 0 unspecified atom stereocenters. The van der Waals surface area contributed by atoms with Gasteiger partial charge in [0.2, 0.25) is 5.75 Å². The summed E-state index contributed by atoms with van der Waals surface area (Å²) in [5.74, 6) is 3.82. The van der Waals surface area contributed by atoms with Crippen molar-refractivity contribution in [1.82, 2.24) is 10.6 Å². The largest absolute Gasteiger partial charge is 0.493 e. The molecule has 0 spiro atoms. The zero-order chi connectivity index (χ0) is 21.2. The molecule has 9 heteroatoms. The molecule has 0 saturated carbocycles. The standard InChI is InChI=1S/C21H29N3O5.HI/c1-22-21(23-12-14-7-8-16(25-2)17(9-14)26-3)24-13-15-10-18(27-4)20(29-6)19(11-15)28-5;/h7-11H,12-13H2,1-6H3,(H2,22,23,24);1H. The lowest BCUT2D eigenvalue weighted by Crippen LogP contribution is -2.36. The van der Waals surface area contributed by atoms with Gasteiger partial charge in [-0.15, -0.1) is 24.0 Å². The Labute approximate surface area is 194 Å². The maximum Gasteiger partial charge on any atom is 0.203 e. The molecule has 0 aliphatic heterocycles. The number of halogens is 1.